The van der Waals surface area contributed by atoms with Gasteiger partial charge in [0.15, 0.2) is 11.5 Å². The van der Waals surface area contributed by atoms with Crippen molar-refractivity contribution in [1.82, 2.24) is 5.32 Å². The molecule has 166 valence electrons. The number of hydrogen-bond donors (Lipinski definition) is 2. The van der Waals surface area contributed by atoms with E-state index in [4.69, 9.17) is 19.2 Å². The minimum absolute atomic E-state index is 0.0179. The summed E-state index contributed by atoms with van der Waals surface area (Å²) < 4.78 is 16.1. The summed E-state index contributed by atoms with van der Waals surface area (Å²) in [6, 6.07) is 11.0. The highest BCUT2D eigenvalue weighted by Gasteiger charge is 2.15. The van der Waals surface area contributed by atoms with E-state index in [0.29, 0.717) is 17.3 Å². The Balaban J connectivity index is 2.38. The lowest BCUT2D eigenvalue weighted by Crippen LogP contribution is -2.21. The van der Waals surface area contributed by atoms with Crippen molar-refractivity contribution < 1.29 is 19.3 Å². The van der Waals surface area contributed by atoms with Gasteiger partial charge in [-0.3, -0.25) is 0 Å². The number of benzene rings is 2. The summed E-state index contributed by atoms with van der Waals surface area (Å²) in [5, 5.41) is 13.4. The van der Waals surface area contributed by atoms with Gasteiger partial charge in [0.1, 0.15) is 17.3 Å². The maximum absolute atomic E-state index is 9.87. The van der Waals surface area contributed by atoms with Crippen LogP contribution in [-0.4, -0.2) is 32.1 Å². The Kier molecular flexibility index (Phi) is 9.00. The van der Waals surface area contributed by atoms with Crippen molar-refractivity contribution in [1.29, 1.82) is 0 Å². The van der Waals surface area contributed by atoms with Crippen molar-refractivity contribution in [3.63, 3.8) is 0 Å². The molecule has 6 nitrogen and oxygen atoms in total. The number of phenols is 1. The Morgan fingerprint density at radius 2 is 1.77 bits per heavy atom. The van der Waals surface area contributed by atoms with Gasteiger partial charge in [-0.05, 0) is 61.4 Å². The molecule has 0 heterocycles. The van der Waals surface area contributed by atoms with E-state index in [1.165, 1.54) is 7.11 Å². The van der Waals surface area contributed by atoms with Crippen molar-refractivity contribution in [2.75, 3.05) is 21.3 Å². The molecule has 0 spiro atoms. The minimum atomic E-state index is 0.0179. The van der Waals surface area contributed by atoms with Crippen LogP contribution in [0.3, 0.4) is 0 Å². The summed E-state index contributed by atoms with van der Waals surface area (Å²) in [6.45, 7) is 7.97. The SMILES string of the molecule is C=C/C(=N\C(=C/C)NC(CCC)c1cc(OC)cc(OC)c1)c1ccc(O)c(OC)c1. The quantitative estimate of drug-likeness (QED) is 0.474. The van der Waals surface area contributed by atoms with Crippen LogP contribution >= 0.6 is 0 Å². The summed E-state index contributed by atoms with van der Waals surface area (Å²) >= 11 is 0. The van der Waals surface area contributed by atoms with Gasteiger partial charge in [-0.1, -0.05) is 19.9 Å². The number of phenolic OH excluding ortho intramolecular Hbond substituents is 1. The van der Waals surface area contributed by atoms with Crippen LogP contribution in [0, 0.1) is 0 Å². The first-order valence-electron chi connectivity index (χ1n) is 10.2. The first-order valence-corrected chi connectivity index (χ1v) is 10.2. The fourth-order valence-electron chi connectivity index (χ4n) is 3.19. The van der Waals surface area contributed by atoms with Gasteiger partial charge in [-0.15, -0.1) is 0 Å². The number of aromatic hydroxyl groups is 1. The van der Waals surface area contributed by atoms with E-state index in [9.17, 15) is 5.11 Å². The van der Waals surface area contributed by atoms with E-state index in [-0.39, 0.29) is 11.8 Å². The van der Waals surface area contributed by atoms with Crippen molar-refractivity contribution in [2.45, 2.75) is 32.7 Å². The van der Waals surface area contributed by atoms with Crippen molar-refractivity contribution in [3.8, 4) is 23.0 Å². The van der Waals surface area contributed by atoms with E-state index in [1.54, 1.807) is 38.5 Å². The zero-order chi connectivity index (χ0) is 22.8. The molecule has 1 atom stereocenters. The van der Waals surface area contributed by atoms with Gasteiger partial charge in [0.25, 0.3) is 0 Å². The number of ether oxygens (including phenoxy) is 3. The topological polar surface area (TPSA) is 72.3 Å². The molecule has 0 amide bonds. The molecule has 0 aliphatic rings. The number of nitrogens with zero attached hydrogens (tertiary/aromatic N) is 1. The number of methoxy groups -OCH3 is 3. The number of hydrogen-bond acceptors (Lipinski definition) is 6. The van der Waals surface area contributed by atoms with Gasteiger partial charge < -0.3 is 24.6 Å². The van der Waals surface area contributed by atoms with E-state index in [2.05, 4.69) is 18.8 Å². The van der Waals surface area contributed by atoms with E-state index >= 15 is 0 Å². The van der Waals surface area contributed by atoms with Crippen LogP contribution in [0.2, 0.25) is 0 Å². The third kappa shape index (κ3) is 6.28. The second-order valence-corrected chi connectivity index (χ2v) is 6.89. The van der Waals surface area contributed by atoms with Crippen LogP contribution < -0.4 is 19.5 Å². The molecule has 0 bridgehead atoms. The van der Waals surface area contributed by atoms with Crippen LogP contribution in [-0.2, 0) is 0 Å². The average Bonchev–Trinajstić information content (AvgIpc) is 2.81. The normalized spacial score (nSPS) is 12.8. The molecule has 0 fully saturated rings. The molecule has 0 radical (unpaired) electrons. The van der Waals surface area contributed by atoms with E-state index < -0.39 is 0 Å². The van der Waals surface area contributed by atoms with Gasteiger partial charge >= 0.3 is 0 Å². The Labute approximate surface area is 184 Å². The molecule has 0 aromatic heterocycles. The summed E-state index contributed by atoms with van der Waals surface area (Å²) in [4.78, 5) is 4.77. The zero-order valence-corrected chi connectivity index (χ0v) is 18.9. The monoisotopic (exact) mass is 424 g/mol. The third-order valence-electron chi connectivity index (χ3n) is 4.86. The maximum atomic E-state index is 9.87. The van der Waals surface area contributed by atoms with Crippen LogP contribution in [0.4, 0.5) is 0 Å². The summed E-state index contributed by atoms with van der Waals surface area (Å²) in [5.74, 6) is 2.65. The Bertz CT molecular complexity index is 928. The van der Waals surface area contributed by atoms with Gasteiger partial charge in [-0.2, -0.15) is 0 Å². The highest BCUT2D eigenvalue weighted by molar-refractivity contribution is 6.09. The van der Waals surface area contributed by atoms with Crippen LogP contribution in [0.5, 0.6) is 23.0 Å². The van der Waals surface area contributed by atoms with Gasteiger partial charge in [0.05, 0.1) is 33.1 Å². The van der Waals surface area contributed by atoms with E-state index in [0.717, 1.165) is 35.5 Å². The van der Waals surface area contributed by atoms with Crippen molar-refractivity contribution in [3.05, 3.63) is 72.1 Å². The molecule has 0 saturated carbocycles. The molecule has 6 heteroatoms. The summed E-state index contributed by atoms with van der Waals surface area (Å²) in [6.07, 6.45) is 5.49. The van der Waals surface area contributed by atoms with E-state index in [1.807, 2.05) is 31.2 Å². The molecule has 2 rings (SSSR count). The predicted octanol–water partition coefficient (Wildman–Crippen LogP) is 5.39. The maximum Gasteiger partial charge on any atom is 0.161 e. The van der Waals surface area contributed by atoms with Gasteiger partial charge in [0, 0.05) is 11.6 Å². The molecule has 1 unspecified atom stereocenters. The summed E-state index contributed by atoms with van der Waals surface area (Å²) in [7, 11) is 4.80. The molecule has 0 aliphatic carbocycles. The Morgan fingerprint density at radius 1 is 1.10 bits per heavy atom. The smallest absolute Gasteiger partial charge is 0.161 e. The first kappa shape index (κ1) is 23.9. The summed E-state index contributed by atoms with van der Waals surface area (Å²) in [5.41, 5.74) is 2.51. The molecule has 2 aromatic rings. The van der Waals surface area contributed by atoms with Crippen LogP contribution in [0.1, 0.15) is 43.9 Å². The Morgan fingerprint density at radius 3 is 2.29 bits per heavy atom. The molecular formula is C25H32N2O4. The number of allylic oxidation sites excluding steroid dienone is 2. The first-order chi connectivity index (χ1) is 15.0. The number of aliphatic imine (C=N–C) groups is 1. The largest absolute Gasteiger partial charge is 0.504 e. The molecule has 2 N–H and O–H groups in total. The second kappa shape index (κ2) is 11.7. The fourth-order valence-corrected chi connectivity index (χ4v) is 3.19. The fraction of sp³-hybridized carbons (Fsp3) is 0.320. The lowest BCUT2D eigenvalue weighted by Gasteiger charge is -2.22. The second-order valence-electron chi connectivity index (χ2n) is 6.89. The standard InChI is InChI=1S/C25H32N2O4/c1-7-10-22(18-13-19(29-4)16-20(14-18)30-5)27-25(9-3)26-21(8-2)17-11-12-23(28)24(15-17)31-6/h8-9,11-16,22,27-28H,2,7,10H2,1,3-6H3/b25-9+,26-21+. The predicted molar refractivity (Wildman–Crippen MR) is 125 cm³/mol. The third-order valence-corrected chi connectivity index (χ3v) is 4.86. The lowest BCUT2D eigenvalue weighted by molar-refractivity contribution is 0.373. The molecule has 0 aliphatic heterocycles. The van der Waals surface area contributed by atoms with Crippen molar-refractivity contribution in [2.24, 2.45) is 4.99 Å². The van der Waals surface area contributed by atoms with Gasteiger partial charge in [0.2, 0.25) is 0 Å². The van der Waals surface area contributed by atoms with Gasteiger partial charge in [-0.25, -0.2) is 4.99 Å². The molecule has 2 aromatic carbocycles. The highest BCUT2D eigenvalue weighted by Crippen LogP contribution is 2.30. The molecular weight excluding hydrogens is 392 g/mol. The van der Waals surface area contributed by atoms with Crippen LogP contribution in [0.25, 0.3) is 0 Å². The minimum Gasteiger partial charge on any atom is -0.504 e. The lowest BCUT2D eigenvalue weighted by atomic mass is 10.0. The average molecular weight is 425 g/mol. The Hall–Kier alpha value is -3.41. The number of rotatable bonds is 11. The zero-order valence-electron chi connectivity index (χ0n) is 18.9. The van der Waals surface area contributed by atoms with Crippen LogP contribution in [0.15, 0.2) is 65.9 Å². The molecule has 31 heavy (non-hydrogen) atoms. The number of nitrogens with one attached hydrogen (secondary N) is 1. The highest BCUT2D eigenvalue weighted by atomic mass is 16.5. The molecule has 0 saturated heterocycles. The van der Waals surface area contributed by atoms with Crippen molar-refractivity contribution >= 4 is 5.71 Å².